The van der Waals surface area contributed by atoms with Gasteiger partial charge in [0.15, 0.2) is 0 Å². The number of aryl methyl sites for hydroxylation is 1. The first-order valence-electron chi connectivity index (χ1n) is 6.69. The summed E-state index contributed by atoms with van der Waals surface area (Å²) in [6, 6.07) is 8.99. The molecular formula is C14H19N3O2S2. The lowest BCUT2D eigenvalue weighted by Gasteiger charge is -2.19. The van der Waals surface area contributed by atoms with Crippen molar-refractivity contribution in [2.75, 3.05) is 6.54 Å². The quantitative estimate of drug-likeness (QED) is 0.882. The van der Waals surface area contributed by atoms with Gasteiger partial charge in [-0.1, -0.05) is 13.0 Å². The van der Waals surface area contributed by atoms with Gasteiger partial charge in [-0.3, -0.25) is 4.98 Å². The number of aromatic nitrogens is 1. The van der Waals surface area contributed by atoms with Crippen LogP contribution in [0.5, 0.6) is 0 Å². The summed E-state index contributed by atoms with van der Waals surface area (Å²) in [7, 11) is -3.50. The van der Waals surface area contributed by atoms with Crippen LogP contribution < -0.4 is 5.73 Å². The predicted molar refractivity (Wildman–Crippen MR) is 84.5 cm³/mol. The molecule has 0 saturated carbocycles. The van der Waals surface area contributed by atoms with E-state index in [4.69, 9.17) is 5.73 Å². The molecule has 0 bridgehead atoms. The fourth-order valence-electron chi connectivity index (χ4n) is 1.97. The van der Waals surface area contributed by atoms with Crippen molar-refractivity contribution in [3.63, 3.8) is 0 Å². The highest BCUT2D eigenvalue weighted by atomic mass is 32.2. The fourth-order valence-corrected chi connectivity index (χ4v) is 4.78. The van der Waals surface area contributed by atoms with Crippen LogP contribution >= 0.6 is 11.3 Å². The molecule has 0 aliphatic heterocycles. The highest BCUT2D eigenvalue weighted by Gasteiger charge is 2.25. The minimum atomic E-state index is -3.50. The van der Waals surface area contributed by atoms with Crippen molar-refractivity contribution in [3.05, 3.63) is 46.6 Å². The summed E-state index contributed by atoms with van der Waals surface area (Å²) in [5, 5.41) is 0. The summed E-state index contributed by atoms with van der Waals surface area (Å²) >= 11 is 1.22. The smallest absolute Gasteiger partial charge is 0.252 e. The third kappa shape index (κ3) is 3.68. The number of pyridine rings is 1. The Morgan fingerprint density at radius 2 is 2.05 bits per heavy atom. The van der Waals surface area contributed by atoms with E-state index in [0.29, 0.717) is 17.3 Å². The molecule has 0 atom stereocenters. The molecule has 0 radical (unpaired) electrons. The standard InChI is InChI=1S/C14H19N3O2S2/c1-3-17(10-12-6-4-5-11(2)16-12)21(18,19)14-8-7-13(9-15)20-14/h4-8H,3,9-10,15H2,1-2H3. The number of rotatable bonds is 6. The summed E-state index contributed by atoms with van der Waals surface area (Å²) in [5.41, 5.74) is 7.17. The van der Waals surface area contributed by atoms with Crippen molar-refractivity contribution >= 4 is 21.4 Å². The van der Waals surface area contributed by atoms with Crippen LogP contribution in [0.1, 0.15) is 23.2 Å². The van der Waals surface area contributed by atoms with Crippen LogP contribution in [-0.2, 0) is 23.1 Å². The topological polar surface area (TPSA) is 76.3 Å². The van der Waals surface area contributed by atoms with Gasteiger partial charge in [0.25, 0.3) is 10.0 Å². The van der Waals surface area contributed by atoms with Crippen molar-refractivity contribution in [2.45, 2.75) is 31.1 Å². The Kier molecular flexibility index (Phi) is 5.10. The second-order valence-electron chi connectivity index (χ2n) is 4.63. The second-order valence-corrected chi connectivity index (χ2v) is 7.96. The maximum Gasteiger partial charge on any atom is 0.252 e. The third-order valence-corrected chi connectivity index (χ3v) is 6.57. The summed E-state index contributed by atoms with van der Waals surface area (Å²) in [4.78, 5) is 5.23. The van der Waals surface area contributed by atoms with Crippen LogP contribution in [0.4, 0.5) is 0 Å². The molecule has 2 rings (SSSR count). The van der Waals surface area contributed by atoms with Gasteiger partial charge >= 0.3 is 0 Å². The van der Waals surface area contributed by atoms with Crippen molar-refractivity contribution in [2.24, 2.45) is 5.73 Å². The molecule has 7 heteroatoms. The molecule has 0 aliphatic rings. The van der Waals surface area contributed by atoms with Gasteiger partial charge in [-0.25, -0.2) is 8.42 Å². The second kappa shape index (κ2) is 6.65. The molecule has 0 unspecified atom stereocenters. The average Bonchev–Trinajstić information content (AvgIpc) is 2.94. The molecule has 21 heavy (non-hydrogen) atoms. The van der Waals surface area contributed by atoms with Gasteiger partial charge in [-0.15, -0.1) is 11.3 Å². The summed E-state index contributed by atoms with van der Waals surface area (Å²) < 4.78 is 27.1. The van der Waals surface area contributed by atoms with Crippen LogP contribution in [0.3, 0.4) is 0 Å². The molecule has 0 amide bonds. The lowest BCUT2D eigenvalue weighted by atomic mass is 10.3. The van der Waals surface area contributed by atoms with Crippen molar-refractivity contribution < 1.29 is 8.42 Å². The number of hydrogen-bond donors (Lipinski definition) is 1. The minimum Gasteiger partial charge on any atom is -0.326 e. The minimum absolute atomic E-state index is 0.274. The summed E-state index contributed by atoms with van der Waals surface area (Å²) in [6.07, 6.45) is 0. The summed E-state index contributed by atoms with van der Waals surface area (Å²) in [5.74, 6) is 0. The lowest BCUT2D eigenvalue weighted by Crippen LogP contribution is -2.30. The lowest BCUT2D eigenvalue weighted by molar-refractivity contribution is 0.420. The molecule has 5 nitrogen and oxygen atoms in total. The fraction of sp³-hybridized carbons (Fsp3) is 0.357. The monoisotopic (exact) mass is 325 g/mol. The highest BCUT2D eigenvalue weighted by molar-refractivity contribution is 7.91. The van der Waals surface area contributed by atoms with E-state index in [1.54, 1.807) is 12.1 Å². The molecule has 0 fully saturated rings. The average molecular weight is 325 g/mol. The number of nitrogens with zero attached hydrogens (tertiary/aromatic N) is 2. The Hall–Kier alpha value is -1.28. The molecular weight excluding hydrogens is 306 g/mol. The number of sulfonamides is 1. The van der Waals surface area contributed by atoms with Gasteiger partial charge in [0.1, 0.15) is 4.21 Å². The molecule has 0 spiro atoms. The Bertz CT molecular complexity index is 711. The highest BCUT2D eigenvalue weighted by Crippen LogP contribution is 2.25. The molecule has 2 heterocycles. The van der Waals surface area contributed by atoms with E-state index in [0.717, 1.165) is 16.3 Å². The van der Waals surface area contributed by atoms with Crippen LogP contribution in [0.25, 0.3) is 0 Å². The van der Waals surface area contributed by atoms with Gasteiger partial charge in [0, 0.05) is 23.7 Å². The Morgan fingerprint density at radius 1 is 1.29 bits per heavy atom. The molecule has 0 aromatic carbocycles. The van der Waals surface area contributed by atoms with Crippen LogP contribution in [0.15, 0.2) is 34.5 Å². The Balaban J connectivity index is 2.27. The van der Waals surface area contributed by atoms with E-state index in [-0.39, 0.29) is 6.54 Å². The maximum absolute atomic E-state index is 12.6. The van der Waals surface area contributed by atoms with E-state index in [2.05, 4.69) is 4.98 Å². The van der Waals surface area contributed by atoms with Gasteiger partial charge in [0.05, 0.1) is 12.2 Å². The van der Waals surface area contributed by atoms with E-state index in [1.807, 2.05) is 32.0 Å². The Morgan fingerprint density at radius 3 is 2.62 bits per heavy atom. The van der Waals surface area contributed by atoms with E-state index >= 15 is 0 Å². The zero-order chi connectivity index (χ0) is 15.5. The third-order valence-electron chi connectivity index (χ3n) is 3.07. The molecule has 0 saturated heterocycles. The molecule has 2 aromatic rings. The molecule has 114 valence electrons. The number of nitrogens with two attached hydrogens (primary N) is 1. The normalized spacial score (nSPS) is 12.0. The largest absolute Gasteiger partial charge is 0.326 e. The van der Waals surface area contributed by atoms with E-state index < -0.39 is 10.0 Å². The zero-order valence-corrected chi connectivity index (χ0v) is 13.7. The van der Waals surface area contributed by atoms with Crippen molar-refractivity contribution in [3.8, 4) is 0 Å². The molecule has 0 aliphatic carbocycles. The van der Waals surface area contributed by atoms with Crippen LogP contribution in [-0.4, -0.2) is 24.3 Å². The maximum atomic E-state index is 12.6. The van der Waals surface area contributed by atoms with Crippen molar-refractivity contribution in [1.82, 2.24) is 9.29 Å². The first kappa shape index (κ1) is 16.1. The first-order chi connectivity index (χ1) is 9.97. The summed E-state index contributed by atoms with van der Waals surface area (Å²) in [6.45, 7) is 4.74. The van der Waals surface area contributed by atoms with Crippen LogP contribution in [0, 0.1) is 6.92 Å². The van der Waals surface area contributed by atoms with Gasteiger partial charge in [-0.05, 0) is 31.2 Å². The van der Waals surface area contributed by atoms with E-state index in [1.165, 1.54) is 15.6 Å². The Labute approximate surface area is 129 Å². The molecule has 2 aromatic heterocycles. The van der Waals surface area contributed by atoms with Gasteiger partial charge in [0.2, 0.25) is 0 Å². The van der Waals surface area contributed by atoms with Gasteiger partial charge in [-0.2, -0.15) is 4.31 Å². The van der Waals surface area contributed by atoms with Gasteiger partial charge < -0.3 is 5.73 Å². The molecule has 2 N–H and O–H groups in total. The van der Waals surface area contributed by atoms with Crippen LogP contribution in [0.2, 0.25) is 0 Å². The predicted octanol–water partition coefficient (Wildman–Crippen LogP) is 2.12. The number of hydrogen-bond acceptors (Lipinski definition) is 5. The number of thiophene rings is 1. The zero-order valence-electron chi connectivity index (χ0n) is 12.1. The van der Waals surface area contributed by atoms with E-state index in [9.17, 15) is 8.42 Å². The first-order valence-corrected chi connectivity index (χ1v) is 8.94. The SMILES string of the molecule is CCN(Cc1cccc(C)n1)S(=O)(=O)c1ccc(CN)s1. The van der Waals surface area contributed by atoms with Crippen molar-refractivity contribution in [1.29, 1.82) is 0 Å².